The quantitative estimate of drug-likeness (QED) is 0.874. The fourth-order valence-corrected chi connectivity index (χ4v) is 2.43. The highest BCUT2D eigenvalue weighted by Gasteiger charge is 2.21. The predicted molar refractivity (Wildman–Crippen MR) is 63.0 cm³/mol. The van der Waals surface area contributed by atoms with Gasteiger partial charge in [-0.15, -0.1) is 0 Å². The SMILES string of the molecule is Cc1nc(C2CCCCC2)oc1CCC(=O)O. The van der Waals surface area contributed by atoms with Crippen LogP contribution in [0.3, 0.4) is 0 Å². The average molecular weight is 237 g/mol. The van der Waals surface area contributed by atoms with Gasteiger partial charge in [0.1, 0.15) is 5.76 Å². The van der Waals surface area contributed by atoms with Crippen molar-refractivity contribution < 1.29 is 14.3 Å². The summed E-state index contributed by atoms with van der Waals surface area (Å²) in [5, 5.41) is 8.66. The molecule has 1 aromatic rings. The second-order valence-electron chi connectivity index (χ2n) is 4.79. The third kappa shape index (κ3) is 3.08. The summed E-state index contributed by atoms with van der Waals surface area (Å²) in [4.78, 5) is 15.0. The summed E-state index contributed by atoms with van der Waals surface area (Å²) < 4.78 is 5.73. The number of carboxylic acids is 1. The standard InChI is InChI=1S/C13H19NO3/c1-9-11(7-8-12(15)16)17-13(14-9)10-5-3-2-4-6-10/h10H,2-8H2,1H3,(H,15,16). The summed E-state index contributed by atoms with van der Waals surface area (Å²) in [5.74, 6) is 1.22. The van der Waals surface area contributed by atoms with Crippen LogP contribution in [0.2, 0.25) is 0 Å². The smallest absolute Gasteiger partial charge is 0.303 e. The Hall–Kier alpha value is -1.32. The first kappa shape index (κ1) is 12.1. The zero-order valence-electron chi connectivity index (χ0n) is 10.2. The Morgan fingerprint density at radius 2 is 2.12 bits per heavy atom. The van der Waals surface area contributed by atoms with Gasteiger partial charge in [-0.3, -0.25) is 4.79 Å². The lowest BCUT2D eigenvalue weighted by Crippen LogP contribution is -2.04. The molecule has 1 fully saturated rings. The van der Waals surface area contributed by atoms with Crippen molar-refractivity contribution in [2.75, 3.05) is 0 Å². The van der Waals surface area contributed by atoms with Crippen LogP contribution in [0.5, 0.6) is 0 Å². The molecule has 0 bridgehead atoms. The number of hydrogen-bond donors (Lipinski definition) is 1. The minimum atomic E-state index is -0.792. The summed E-state index contributed by atoms with van der Waals surface area (Å²) in [7, 11) is 0. The van der Waals surface area contributed by atoms with Crippen LogP contribution in [0.25, 0.3) is 0 Å². The molecule has 4 nitrogen and oxygen atoms in total. The predicted octanol–water partition coefficient (Wildman–Crippen LogP) is 3.05. The minimum absolute atomic E-state index is 0.111. The molecule has 0 saturated heterocycles. The normalized spacial score (nSPS) is 17.2. The number of hydrogen-bond acceptors (Lipinski definition) is 3. The second kappa shape index (κ2) is 5.34. The van der Waals surface area contributed by atoms with Crippen LogP contribution in [0, 0.1) is 6.92 Å². The monoisotopic (exact) mass is 237 g/mol. The van der Waals surface area contributed by atoms with Crippen LogP contribution < -0.4 is 0 Å². The van der Waals surface area contributed by atoms with Crippen LogP contribution >= 0.6 is 0 Å². The molecule has 0 radical (unpaired) electrons. The van der Waals surface area contributed by atoms with Gasteiger partial charge in [0.05, 0.1) is 12.1 Å². The Morgan fingerprint density at radius 1 is 1.41 bits per heavy atom. The van der Waals surface area contributed by atoms with E-state index >= 15 is 0 Å². The lowest BCUT2D eigenvalue weighted by Gasteiger charge is -2.17. The summed E-state index contributed by atoms with van der Waals surface area (Å²) >= 11 is 0. The fourth-order valence-electron chi connectivity index (χ4n) is 2.43. The number of carbonyl (C=O) groups is 1. The van der Waals surface area contributed by atoms with Gasteiger partial charge >= 0.3 is 5.97 Å². The molecule has 1 heterocycles. The maximum absolute atomic E-state index is 10.5. The summed E-state index contributed by atoms with van der Waals surface area (Å²) in [5.41, 5.74) is 0.854. The molecule has 1 aromatic heterocycles. The first-order valence-electron chi connectivity index (χ1n) is 6.35. The number of aromatic nitrogens is 1. The summed E-state index contributed by atoms with van der Waals surface area (Å²) in [6.07, 6.45) is 6.66. The maximum atomic E-state index is 10.5. The highest BCUT2D eigenvalue weighted by molar-refractivity contribution is 5.66. The van der Waals surface area contributed by atoms with Gasteiger partial charge < -0.3 is 9.52 Å². The third-order valence-corrected chi connectivity index (χ3v) is 3.43. The van der Waals surface area contributed by atoms with Crippen molar-refractivity contribution in [3.05, 3.63) is 17.3 Å². The highest BCUT2D eigenvalue weighted by atomic mass is 16.4. The van der Waals surface area contributed by atoms with Crippen LogP contribution in [-0.4, -0.2) is 16.1 Å². The molecule has 1 aliphatic rings. The molecule has 0 aliphatic heterocycles. The van der Waals surface area contributed by atoms with E-state index in [9.17, 15) is 4.79 Å². The number of carboxylic acid groups (broad SMARTS) is 1. The van der Waals surface area contributed by atoms with Crippen molar-refractivity contribution in [2.24, 2.45) is 0 Å². The maximum Gasteiger partial charge on any atom is 0.303 e. The van der Waals surface area contributed by atoms with Crippen LogP contribution in [0.1, 0.15) is 61.8 Å². The van der Waals surface area contributed by atoms with Crippen LogP contribution in [0.4, 0.5) is 0 Å². The van der Waals surface area contributed by atoms with Gasteiger partial charge in [-0.1, -0.05) is 19.3 Å². The molecule has 0 amide bonds. The van der Waals surface area contributed by atoms with Gasteiger partial charge in [0.25, 0.3) is 0 Å². The Morgan fingerprint density at radius 3 is 2.76 bits per heavy atom. The van der Waals surface area contributed by atoms with E-state index in [1.54, 1.807) is 0 Å². The van der Waals surface area contributed by atoms with Gasteiger partial charge in [0.15, 0.2) is 5.89 Å². The molecule has 0 atom stereocenters. The molecule has 0 spiro atoms. The van der Waals surface area contributed by atoms with Gasteiger partial charge in [0.2, 0.25) is 0 Å². The molecule has 0 aromatic carbocycles. The van der Waals surface area contributed by atoms with Crippen LogP contribution in [0.15, 0.2) is 4.42 Å². The number of nitrogens with zero attached hydrogens (tertiary/aromatic N) is 1. The topological polar surface area (TPSA) is 63.3 Å². The summed E-state index contributed by atoms with van der Waals surface area (Å²) in [6, 6.07) is 0. The van der Waals surface area contributed by atoms with Crippen molar-refractivity contribution in [1.29, 1.82) is 0 Å². The minimum Gasteiger partial charge on any atom is -0.481 e. The van der Waals surface area contributed by atoms with Gasteiger partial charge in [-0.25, -0.2) is 4.98 Å². The second-order valence-corrected chi connectivity index (χ2v) is 4.79. The molecule has 1 N–H and O–H groups in total. The fraction of sp³-hybridized carbons (Fsp3) is 0.692. The van der Waals surface area contributed by atoms with E-state index in [-0.39, 0.29) is 6.42 Å². The van der Waals surface area contributed by atoms with Gasteiger partial charge in [0, 0.05) is 12.3 Å². The van der Waals surface area contributed by atoms with Gasteiger partial charge in [-0.2, -0.15) is 0 Å². The number of oxazole rings is 1. The molecule has 17 heavy (non-hydrogen) atoms. The highest BCUT2D eigenvalue weighted by Crippen LogP contribution is 2.33. The van der Waals surface area contributed by atoms with E-state index in [0.29, 0.717) is 12.3 Å². The number of aryl methyl sites for hydroxylation is 2. The van der Waals surface area contributed by atoms with E-state index in [2.05, 4.69) is 4.98 Å². The Bertz CT molecular complexity index is 391. The first-order valence-corrected chi connectivity index (χ1v) is 6.35. The third-order valence-electron chi connectivity index (χ3n) is 3.43. The van der Waals surface area contributed by atoms with Crippen molar-refractivity contribution in [3.8, 4) is 0 Å². The molecule has 1 aliphatic carbocycles. The Labute approximate surface area is 101 Å². The largest absolute Gasteiger partial charge is 0.481 e. The van der Waals surface area contributed by atoms with Crippen molar-refractivity contribution in [2.45, 2.75) is 57.8 Å². The van der Waals surface area contributed by atoms with Crippen molar-refractivity contribution in [1.82, 2.24) is 4.98 Å². The molecular formula is C13H19NO3. The molecule has 2 rings (SSSR count). The molecule has 94 valence electrons. The zero-order chi connectivity index (χ0) is 12.3. The Balaban J connectivity index is 2.03. The summed E-state index contributed by atoms with van der Waals surface area (Å²) in [6.45, 7) is 1.90. The van der Waals surface area contributed by atoms with E-state index in [1.807, 2.05) is 6.92 Å². The molecular weight excluding hydrogens is 218 g/mol. The lowest BCUT2D eigenvalue weighted by atomic mass is 9.89. The number of aliphatic carboxylic acids is 1. The Kier molecular flexibility index (Phi) is 3.82. The molecule has 4 heteroatoms. The van der Waals surface area contributed by atoms with Gasteiger partial charge in [-0.05, 0) is 19.8 Å². The van der Waals surface area contributed by atoms with Crippen LogP contribution in [-0.2, 0) is 11.2 Å². The first-order chi connectivity index (χ1) is 8.16. The van der Waals surface area contributed by atoms with E-state index in [1.165, 1.54) is 19.3 Å². The van der Waals surface area contributed by atoms with E-state index in [4.69, 9.17) is 9.52 Å². The van der Waals surface area contributed by atoms with Crippen molar-refractivity contribution in [3.63, 3.8) is 0 Å². The molecule has 1 saturated carbocycles. The number of rotatable bonds is 4. The lowest BCUT2D eigenvalue weighted by molar-refractivity contribution is -0.137. The van der Waals surface area contributed by atoms with Crippen molar-refractivity contribution >= 4 is 5.97 Å². The van der Waals surface area contributed by atoms with E-state index < -0.39 is 5.97 Å². The average Bonchev–Trinajstić information content (AvgIpc) is 2.69. The zero-order valence-corrected chi connectivity index (χ0v) is 10.2. The molecule has 0 unspecified atom stereocenters. The van der Waals surface area contributed by atoms with E-state index in [0.717, 1.165) is 30.2 Å².